The van der Waals surface area contributed by atoms with Crippen molar-refractivity contribution in [3.05, 3.63) is 12.2 Å². The van der Waals surface area contributed by atoms with Gasteiger partial charge in [-0.15, -0.1) is 0 Å². The summed E-state index contributed by atoms with van der Waals surface area (Å²) in [4.78, 5) is 1.83. The SMILES string of the molecule is C=C(C)C[N+]12CC[NH+](CC1)CC2. The molecule has 68 valence electrons. The zero-order valence-electron chi connectivity index (χ0n) is 8.10. The number of piperazine rings is 3. The number of nitrogens with one attached hydrogen (secondary N) is 1. The van der Waals surface area contributed by atoms with Gasteiger partial charge in [-0.05, 0) is 12.5 Å². The van der Waals surface area contributed by atoms with Crippen LogP contribution in [0.15, 0.2) is 12.2 Å². The molecule has 0 unspecified atom stereocenters. The van der Waals surface area contributed by atoms with Crippen LogP contribution in [0.4, 0.5) is 0 Å². The Morgan fingerprint density at radius 1 is 1.25 bits per heavy atom. The maximum Gasteiger partial charge on any atom is 0.129 e. The Labute approximate surface area is 75.1 Å². The lowest BCUT2D eigenvalue weighted by Crippen LogP contribution is -3.19. The normalized spacial score (nSPS) is 39.9. The second kappa shape index (κ2) is 2.86. The lowest BCUT2D eigenvalue weighted by atomic mass is 10.1. The molecule has 3 aliphatic rings. The molecular weight excluding hydrogens is 148 g/mol. The highest BCUT2D eigenvalue weighted by Gasteiger charge is 2.40. The second-order valence-corrected chi connectivity index (χ2v) is 4.63. The molecule has 0 aromatic rings. The van der Waals surface area contributed by atoms with Crippen LogP contribution in [-0.4, -0.2) is 50.3 Å². The molecule has 2 heteroatoms. The molecule has 3 saturated heterocycles. The topological polar surface area (TPSA) is 4.44 Å². The molecule has 0 saturated carbocycles. The summed E-state index contributed by atoms with van der Waals surface area (Å²) < 4.78 is 1.35. The largest absolute Gasteiger partial charge is 0.321 e. The minimum atomic E-state index is 1.23. The average Bonchev–Trinajstić information content (AvgIpc) is 2.05. The van der Waals surface area contributed by atoms with Crippen LogP contribution in [0.2, 0.25) is 0 Å². The van der Waals surface area contributed by atoms with Crippen LogP contribution < -0.4 is 4.90 Å². The van der Waals surface area contributed by atoms with Gasteiger partial charge in [0.25, 0.3) is 0 Å². The highest BCUT2D eigenvalue weighted by atomic mass is 15.4. The second-order valence-electron chi connectivity index (χ2n) is 4.63. The van der Waals surface area contributed by atoms with Crippen molar-refractivity contribution in [2.24, 2.45) is 0 Å². The van der Waals surface area contributed by atoms with E-state index in [0.29, 0.717) is 0 Å². The number of rotatable bonds is 2. The first kappa shape index (κ1) is 8.27. The maximum atomic E-state index is 4.04. The van der Waals surface area contributed by atoms with Gasteiger partial charge in [0.2, 0.25) is 0 Å². The molecule has 2 nitrogen and oxygen atoms in total. The van der Waals surface area contributed by atoms with Gasteiger partial charge in [-0.25, -0.2) is 0 Å². The van der Waals surface area contributed by atoms with Gasteiger partial charge >= 0.3 is 0 Å². The van der Waals surface area contributed by atoms with E-state index in [1.54, 1.807) is 0 Å². The van der Waals surface area contributed by atoms with Crippen molar-refractivity contribution in [1.82, 2.24) is 0 Å². The van der Waals surface area contributed by atoms with Crippen molar-refractivity contribution in [2.75, 3.05) is 45.8 Å². The molecule has 0 aromatic carbocycles. The third-order valence-corrected chi connectivity index (χ3v) is 3.42. The summed E-state index contributed by atoms with van der Waals surface area (Å²) in [6, 6.07) is 0. The zero-order valence-corrected chi connectivity index (χ0v) is 8.10. The van der Waals surface area contributed by atoms with E-state index >= 15 is 0 Å². The van der Waals surface area contributed by atoms with E-state index in [4.69, 9.17) is 0 Å². The van der Waals surface area contributed by atoms with E-state index in [2.05, 4.69) is 13.5 Å². The quantitative estimate of drug-likeness (QED) is 0.410. The molecular formula is C10H20N2+2. The molecule has 2 bridgehead atoms. The van der Waals surface area contributed by atoms with Crippen LogP contribution in [0.3, 0.4) is 0 Å². The molecule has 3 aliphatic heterocycles. The summed E-state index contributed by atoms with van der Waals surface area (Å²) in [5.41, 5.74) is 1.36. The number of hydrogen-bond donors (Lipinski definition) is 1. The monoisotopic (exact) mass is 168 g/mol. The van der Waals surface area contributed by atoms with Gasteiger partial charge in [0.05, 0.1) is 0 Å². The maximum absolute atomic E-state index is 4.04. The first-order valence-corrected chi connectivity index (χ1v) is 5.03. The van der Waals surface area contributed by atoms with E-state index in [-0.39, 0.29) is 0 Å². The first-order valence-electron chi connectivity index (χ1n) is 5.03. The fraction of sp³-hybridized carbons (Fsp3) is 0.800. The number of quaternary nitrogens is 2. The molecule has 3 fully saturated rings. The fourth-order valence-electron chi connectivity index (χ4n) is 2.71. The summed E-state index contributed by atoms with van der Waals surface area (Å²) >= 11 is 0. The molecule has 0 amide bonds. The number of nitrogens with zero attached hydrogens (tertiary/aromatic N) is 1. The first-order chi connectivity index (χ1) is 5.70. The Morgan fingerprint density at radius 2 is 1.75 bits per heavy atom. The molecule has 3 heterocycles. The van der Waals surface area contributed by atoms with E-state index in [1.807, 2.05) is 4.90 Å². The standard InChI is InChI=1S/C10H19N2/c1-10(2)9-12-6-3-11(4-7-12)5-8-12/h1,3-9H2,2H3/q+1/p+1. The minimum absolute atomic E-state index is 1.23. The van der Waals surface area contributed by atoms with Gasteiger partial charge in [-0.3, -0.25) is 0 Å². The molecule has 1 N–H and O–H groups in total. The van der Waals surface area contributed by atoms with Crippen molar-refractivity contribution in [1.29, 1.82) is 0 Å². The summed E-state index contributed by atoms with van der Waals surface area (Å²) in [7, 11) is 0. The van der Waals surface area contributed by atoms with Crippen LogP contribution >= 0.6 is 0 Å². The van der Waals surface area contributed by atoms with Crippen molar-refractivity contribution < 1.29 is 9.38 Å². The molecule has 0 aliphatic carbocycles. The fourth-order valence-corrected chi connectivity index (χ4v) is 2.71. The number of hydrogen-bond acceptors (Lipinski definition) is 0. The molecule has 0 aromatic heterocycles. The minimum Gasteiger partial charge on any atom is -0.321 e. The Balaban J connectivity index is 2.03. The predicted octanol–water partition coefficient (Wildman–Crippen LogP) is -0.709. The van der Waals surface area contributed by atoms with Gasteiger partial charge in [0.15, 0.2) is 0 Å². The van der Waals surface area contributed by atoms with Crippen molar-refractivity contribution in [3.8, 4) is 0 Å². The Bertz CT molecular complexity index is 176. The van der Waals surface area contributed by atoms with Crippen molar-refractivity contribution >= 4 is 0 Å². The van der Waals surface area contributed by atoms with Crippen molar-refractivity contribution in [3.63, 3.8) is 0 Å². The molecule has 3 rings (SSSR count). The molecule has 12 heavy (non-hydrogen) atoms. The predicted molar refractivity (Wildman–Crippen MR) is 50.1 cm³/mol. The average molecular weight is 168 g/mol. The van der Waals surface area contributed by atoms with Crippen LogP contribution in [0, 0.1) is 0 Å². The lowest BCUT2D eigenvalue weighted by molar-refractivity contribution is -1.07. The third kappa shape index (κ3) is 1.41. The van der Waals surface area contributed by atoms with Crippen molar-refractivity contribution in [2.45, 2.75) is 6.92 Å². The summed E-state index contributed by atoms with van der Waals surface area (Å²) in [5, 5.41) is 0. The summed E-state index contributed by atoms with van der Waals surface area (Å²) in [6.45, 7) is 15.8. The Morgan fingerprint density at radius 3 is 2.17 bits per heavy atom. The van der Waals surface area contributed by atoms with Gasteiger partial charge in [-0.1, -0.05) is 6.58 Å². The van der Waals surface area contributed by atoms with E-state index in [0.717, 1.165) is 0 Å². The van der Waals surface area contributed by atoms with Crippen LogP contribution in [-0.2, 0) is 0 Å². The van der Waals surface area contributed by atoms with Gasteiger partial charge < -0.3 is 9.38 Å². The number of fused-ring (bicyclic) bond motifs is 3. The Kier molecular flexibility index (Phi) is 1.97. The van der Waals surface area contributed by atoms with Crippen LogP contribution in [0.1, 0.15) is 6.92 Å². The highest BCUT2D eigenvalue weighted by molar-refractivity contribution is 4.88. The van der Waals surface area contributed by atoms with Crippen LogP contribution in [0.5, 0.6) is 0 Å². The van der Waals surface area contributed by atoms with Gasteiger partial charge in [0.1, 0.15) is 45.8 Å². The third-order valence-electron chi connectivity index (χ3n) is 3.42. The molecule has 0 atom stereocenters. The van der Waals surface area contributed by atoms with Gasteiger partial charge in [-0.2, -0.15) is 0 Å². The smallest absolute Gasteiger partial charge is 0.129 e. The van der Waals surface area contributed by atoms with Gasteiger partial charge in [0, 0.05) is 0 Å². The summed E-state index contributed by atoms with van der Waals surface area (Å²) in [6.07, 6.45) is 0. The Hall–Kier alpha value is -0.340. The highest BCUT2D eigenvalue weighted by Crippen LogP contribution is 2.12. The zero-order chi connectivity index (χ0) is 8.60. The van der Waals surface area contributed by atoms with E-state index in [9.17, 15) is 0 Å². The van der Waals surface area contributed by atoms with E-state index in [1.165, 1.54) is 55.9 Å². The van der Waals surface area contributed by atoms with Crippen LogP contribution in [0.25, 0.3) is 0 Å². The molecule has 0 spiro atoms. The van der Waals surface area contributed by atoms with E-state index < -0.39 is 0 Å². The molecule has 0 radical (unpaired) electrons. The summed E-state index contributed by atoms with van der Waals surface area (Å²) in [5.74, 6) is 0. The lowest BCUT2D eigenvalue weighted by Gasteiger charge is -2.48.